The molecule has 0 radical (unpaired) electrons. The van der Waals surface area contributed by atoms with E-state index >= 15 is 0 Å². The van der Waals surface area contributed by atoms with Crippen LogP contribution < -0.4 is 11.2 Å². The van der Waals surface area contributed by atoms with Crippen molar-refractivity contribution in [1.82, 2.24) is 15.2 Å². The number of nitrogen functional groups attached to an aromatic ring is 1. The summed E-state index contributed by atoms with van der Waals surface area (Å²) in [7, 11) is 0. The molecule has 0 aliphatic rings. The number of aromatic nitrogens is 2. The Labute approximate surface area is 117 Å². The third kappa shape index (κ3) is 2.74. The molecule has 0 atom stereocenters. The Balaban J connectivity index is 2.25. The van der Waals surface area contributed by atoms with Crippen LogP contribution in [-0.4, -0.2) is 27.2 Å². The first-order valence-corrected chi connectivity index (χ1v) is 6.46. The van der Waals surface area contributed by atoms with Gasteiger partial charge in [-0.3, -0.25) is 15.3 Å². The zero-order valence-corrected chi connectivity index (χ0v) is 11.8. The van der Waals surface area contributed by atoms with E-state index in [1.165, 1.54) is 5.01 Å². The molecule has 6 nitrogen and oxygen atoms in total. The molecule has 106 valence electrons. The maximum Gasteiger partial charge on any atom is 0.293 e. The van der Waals surface area contributed by atoms with Crippen molar-refractivity contribution in [1.29, 1.82) is 0 Å². The summed E-state index contributed by atoms with van der Waals surface area (Å²) < 4.78 is 0. The van der Waals surface area contributed by atoms with Crippen LogP contribution in [0.2, 0.25) is 0 Å². The van der Waals surface area contributed by atoms with Crippen molar-refractivity contribution in [2.45, 2.75) is 26.8 Å². The second-order valence-electron chi connectivity index (χ2n) is 4.86. The third-order valence-electron chi connectivity index (χ3n) is 3.01. The van der Waals surface area contributed by atoms with Crippen LogP contribution in [0.4, 0.5) is 11.5 Å². The first-order chi connectivity index (χ1) is 9.50. The normalized spacial score (nSPS) is 10.6. The number of benzene rings is 1. The van der Waals surface area contributed by atoms with Crippen molar-refractivity contribution in [2.75, 3.05) is 11.2 Å². The number of carbonyl (C=O) groups excluding carboxylic acids is 1. The van der Waals surface area contributed by atoms with Gasteiger partial charge in [0.15, 0.2) is 5.69 Å². The number of hydrazine groups is 1. The van der Waals surface area contributed by atoms with Gasteiger partial charge in [-0.15, -0.1) is 0 Å². The second kappa shape index (κ2) is 5.64. The van der Waals surface area contributed by atoms with Crippen LogP contribution in [0.25, 0.3) is 0 Å². The molecule has 2 rings (SSSR count). The van der Waals surface area contributed by atoms with E-state index in [0.29, 0.717) is 17.1 Å². The van der Waals surface area contributed by atoms with Crippen molar-refractivity contribution in [3.63, 3.8) is 0 Å². The van der Waals surface area contributed by atoms with Crippen molar-refractivity contribution in [2.24, 2.45) is 0 Å². The number of amides is 1. The Kier molecular flexibility index (Phi) is 3.93. The van der Waals surface area contributed by atoms with E-state index in [1.807, 2.05) is 44.2 Å². The minimum atomic E-state index is -0.214. The third-order valence-corrected chi connectivity index (χ3v) is 3.01. The van der Waals surface area contributed by atoms with Crippen LogP contribution in [-0.2, 0) is 0 Å². The van der Waals surface area contributed by atoms with Gasteiger partial charge in [-0.2, -0.15) is 5.10 Å². The number of aromatic amines is 1. The summed E-state index contributed by atoms with van der Waals surface area (Å²) in [5, 5.41) is 8.15. The number of hydrogen-bond donors (Lipinski definition) is 3. The fraction of sp³-hybridized carbons (Fsp3) is 0.286. The van der Waals surface area contributed by atoms with E-state index in [2.05, 4.69) is 15.6 Å². The lowest BCUT2D eigenvalue weighted by Crippen LogP contribution is -2.42. The Morgan fingerprint density at radius 1 is 1.35 bits per heavy atom. The number of nitrogens with zero attached hydrogens (tertiary/aromatic N) is 2. The number of hydrogen-bond acceptors (Lipinski definition) is 4. The van der Waals surface area contributed by atoms with E-state index < -0.39 is 0 Å². The summed E-state index contributed by atoms with van der Waals surface area (Å²) in [6.45, 7) is 5.63. The van der Waals surface area contributed by atoms with Gasteiger partial charge in [0.1, 0.15) is 5.82 Å². The minimum absolute atomic E-state index is 0.0277. The van der Waals surface area contributed by atoms with Gasteiger partial charge < -0.3 is 5.73 Å². The zero-order chi connectivity index (χ0) is 14.7. The number of carbonyl (C=O) groups is 1. The Morgan fingerprint density at radius 2 is 2.00 bits per heavy atom. The van der Waals surface area contributed by atoms with Crippen LogP contribution in [0.15, 0.2) is 30.3 Å². The van der Waals surface area contributed by atoms with Crippen molar-refractivity contribution in [3.05, 3.63) is 41.6 Å². The van der Waals surface area contributed by atoms with Crippen LogP contribution >= 0.6 is 0 Å². The predicted octanol–water partition coefficient (Wildman–Crippen LogP) is 2.18. The van der Waals surface area contributed by atoms with Gasteiger partial charge in [0.05, 0.1) is 5.69 Å². The molecule has 0 unspecified atom stereocenters. The molecular weight excluding hydrogens is 254 g/mol. The molecule has 0 bridgehead atoms. The molecule has 1 aromatic carbocycles. The highest BCUT2D eigenvalue weighted by Gasteiger charge is 2.24. The maximum absolute atomic E-state index is 12.6. The molecule has 0 saturated heterocycles. The Bertz CT molecular complexity index is 591. The summed E-state index contributed by atoms with van der Waals surface area (Å²) in [6, 6.07) is 9.50. The number of rotatable bonds is 4. The highest BCUT2D eigenvalue weighted by molar-refractivity contribution is 5.95. The largest absolute Gasteiger partial charge is 0.384 e. The molecule has 0 spiro atoms. The SMILES string of the molecule is Cc1c(C(=O)N(Nc2ccccc2)C(C)C)n[nH]c1N. The molecule has 6 heteroatoms. The van der Waals surface area contributed by atoms with Gasteiger partial charge in [0.2, 0.25) is 0 Å². The zero-order valence-electron chi connectivity index (χ0n) is 11.8. The Hall–Kier alpha value is -2.50. The summed E-state index contributed by atoms with van der Waals surface area (Å²) in [6.07, 6.45) is 0. The highest BCUT2D eigenvalue weighted by atomic mass is 16.2. The lowest BCUT2D eigenvalue weighted by molar-refractivity contribution is 0.0746. The molecule has 0 saturated carbocycles. The van der Waals surface area contributed by atoms with Crippen LogP contribution in [0.1, 0.15) is 29.9 Å². The average Bonchev–Trinajstić information content (AvgIpc) is 2.76. The van der Waals surface area contributed by atoms with Gasteiger partial charge in [-0.1, -0.05) is 18.2 Å². The molecule has 2 aromatic rings. The van der Waals surface area contributed by atoms with Gasteiger partial charge in [0.25, 0.3) is 5.91 Å². The second-order valence-corrected chi connectivity index (χ2v) is 4.86. The van der Waals surface area contributed by atoms with E-state index in [0.717, 1.165) is 5.69 Å². The Morgan fingerprint density at radius 3 is 2.50 bits per heavy atom. The van der Waals surface area contributed by atoms with Gasteiger partial charge >= 0.3 is 0 Å². The van der Waals surface area contributed by atoms with E-state index in [4.69, 9.17) is 5.73 Å². The van der Waals surface area contributed by atoms with E-state index in [1.54, 1.807) is 6.92 Å². The quantitative estimate of drug-likeness (QED) is 0.745. The van der Waals surface area contributed by atoms with Gasteiger partial charge in [-0.05, 0) is 32.9 Å². The van der Waals surface area contributed by atoms with E-state index in [-0.39, 0.29) is 11.9 Å². The molecule has 1 heterocycles. The molecule has 0 aliphatic heterocycles. The maximum atomic E-state index is 12.6. The summed E-state index contributed by atoms with van der Waals surface area (Å²) >= 11 is 0. The number of H-pyrrole nitrogens is 1. The highest BCUT2D eigenvalue weighted by Crippen LogP contribution is 2.16. The van der Waals surface area contributed by atoms with Crippen LogP contribution in [0.5, 0.6) is 0 Å². The lowest BCUT2D eigenvalue weighted by atomic mass is 10.2. The fourth-order valence-corrected chi connectivity index (χ4v) is 1.80. The van der Waals surface area contributed by atoms with Crippen molar-refractivity contribution >= 4 is 17.4 Å². The fourth-order valence-electron chi connectivity index (χ4n) is 1.80. The number of nitrogens with one attached hydrogen (secondary N) is 2. The van der Waals surface area contributed by atoms with Gasteiger partial charge in [-0.25, -0.2) is 5.01 Å². The van der Waals surface area contributed by atoms with E-state index in [9.17, 15) is 4.79 Å². The standard InChI is InChI=1S/C14H19N5O/c1-9(2)19(18-11-7-5-4-6-8-11)14(20)12-10(3)13(15)17-16-12/h4-9,18H,1-3H3,(H3,15,16,17). The van der Waals surface area contributed by atoms with Gasteiger partial charge in [0, 0.05) is 11.6 Å². The molecule has 4 N–H and O–H groups in total. The number of anilines is 2. The topological polar surface area (TPSA) is 87.0 Å². The smallest absolute Gasteiger partial charge is 0.293 e. The van der Waals surface area contributed by atoms with Crippen molar-refractivity contribution in [3.8, 4) is 0 Å². The minimum Gasteiger partial charge on any atom is -0.384 e. The molecule has 20 heavy (non-hydrogen) atoms. The number of nitrogens with two attached hydrogens (primary N) is 1. The monoisotopic (exact) mass is 273 g/mol. The first-order valence-electron chi connectivity index (χ1n) is 6.46. The molecular formula is C14H19N5O. The summed E-state index contributed by atoms with van der Waals surface area (Å²) in [4.78, 5) is 12.6. The number of para-hydroxylation sites is 1. The summed E-state index contributed by atoms with van der Waals surface area (Å²) in [5.74, 6) is 0.200. The van der Waals surface area contributed by atoms with Crippen molar-refractivity contribution < 1.29 is 4.79 Å². The molecule has 0 aliphatic carbocycles. The van der Waals surface area contributed by atoms with Crippen LogP contribution in [0.3, 0.4) is 0 Å². The lowest BCUT2D eigenvalue weighted by Gasteiger charge is -2.27. The van der Waals surface area contributed by atoms with Crippen LogP contribution in [0, 0.1) is 6.92 Å². The average molecular weight is 273 g/mol. The summed E-state index contributed by atoms with van der Waals surface area (Å²) in [5.41, 5.74) is 10.6. The first kappa shape index (κ1) is 13.9. The molecule has 0 fully saturated rings. The predicted molar refractivity (Wildman–Crippen MR) is 79.1 cm³/mol. The molecule has 1 aromatic heterocycles. The molecule has 1 amide bonds.